The summed E-state index contributed by atoms with van der Waals surface area (Å²) >= 11 is 0. The van der Waals surface area contributed by atoms with Gasteiger partial charge < -0.3 is 0 Å². The number of benzene rings is 1. The highest BCUT2D eigenvalue weighted by molar-refractivity contribution is 5.97. The van der Waals surface area contributed by atoms with Crippen molar-refractivity contribution >= 4 is 5.78 Å². The quantitative estimate of drug-likeness (QED) is 0.764. The van der Waals surface area contributed by atoms with Crippen LogP contribution in [0.5, 0.6) is 0 Å². The van der Waals surface area contributed by atoms with Gasteiger partial charge >= 0.3 is 6.18 Å². The summed E-state index contributed by atoms with van der Waals surface area (Å²) in [5.74, 6) is -0.163. The maximum absolute atomic E-state index is 12.4. The Hall–Kier alpha value is -1.36. The van der Waals surface area contributed by atoms with Crippen molar-refractivity contribution in [3.63, 3.8) is 0 Å². The van der Waals surface area contributed by atoms with Crippen molar-refractivity contribution in [1.82, 2.24) is 4.90 Å². The van der Waals surface area contributed by atoms with Crippen LogP contribution >= 0.6 is 0 Å². The van der Waals surface area contributed by atoms with E-state index in [0.29, 0.717) is 5.56 Å². The molecule has 1 rings (SSSR count). The smallest absolute Gasteiger partial charge is 0.294 e. The molecule has 0 atom stereocenters. The molecule has 0 amide bonds. The molecule has 0 N–H and O–H groups in total. The van der Waals surface area contributed by atoms with Crippen molar-refractivity contribution in [3.8, 4) is 0 Å². The van der Waals surface area contributed by atoms with E-state index >= 15 is 0 Å². The molecule has 0 spiro atoms. The second kappa shape index (κ2) is 6.19. The molecule has 0 aliphatic heterocycles. The Morgan fingerprint density at radius 2 is 1.74 bits per heavy atom. The number of Topliss-reactive ketones (excluding diaryl/α,β-unsaturated/α-hetero) is 1. The highest BCUT2D eigenvalue weighted by Gasteiger charge is 2.30. The molecule has 1 aromatic rings. The Labute approximate surface area is 111 Å². The zero-order valence-electron chi connectivity index (χ0n) is 11.3. The highest BCUT2D eigenvalue weighted by atomic mass is 19.4. The van der Waals surface area contributed by atoms with Gasteiger partial charge in [-0.05, 0) is 32.5 Å². The number of nitrogens with zero attached hydrogens (tertiary/aromatic N) is 1. The van der Waals surface area contributed by atoms with Crippen LogP contribution in [-0.4, -0.2) is 29.8 Å². The Balaban J connectivity index is 2.78. The average Bonchev–Trinajstić information content (AvgIpc) is 2.34. The molecular weight excluding hydrogens is 255 g/mol. The van der Waals surface area contributed by atoms with Gasteiger partial charge in [0.05, 0.1) is 12.1 Å². The third-order valence-corrected chi connectivity index (χ3v) is 3.02. The number of hydrogen-bond donors (Lipinski definition) is 0. The van der Waals surface area contributed by atoms with Gasteiger partial charge in [0.15, 0.2) is 5.78 Å². The maximum atomic E-state index is 12.4. The van der Waals surface area contributed by atoms with E-state index in [4.69, 9.17) is 0 Å². The van der Waals surface area contributed by atoms with Gasteiger partial charge in [0.25, 0.3) is 0 Å². The van der Waals surface area contributed by atoms with Crippen LogP contribution in [0.1, 0.15) is 36.7 Å². The van der Waals surface area contributed by atoms with Crippen molar-refractivity contribution in [2.24, 2.45) is 0 Å². The molecule has 106 valence electrons. The van der Waals surface area contributed by atoms with E-state index in [9.17, 15) is 18.0 Å². The molecule has 0 aromatic heterocycles. The highest BCUT2D eigenvalue weighted by Crippen LogP contribution is 2.29. The molecule has 2 nitrogen and oxygen atoms in total. The lowest BCUT2D eigenvalue weighted by molar-refractivity contribution is -0.137. The van der Waals surface area contributed by atoms with E-state index < -0.39 is 11.7 Å². The van der Waals surface area contributed by atoms with Gasteiger partial charge in [0.1, 0.15) is 0 Å². The minimum absolute atomic E-state index is 0.163. The first-order valence-electron chi connectivity index (χ1n) is 6.20. The number of ketones is 1. The van der Waals surface area contributed by atoms with Crippen LogP contribution in [0.3, 0.4) is 0 Å². The van der Waals surface area contributed by atoms with Crippen molar-refractivity contribution in [2.75, 3.05) is 13.1 Å². The lowest BCUT2D eigenvalue weighted by atomic mass is 10.1. The number of carbonyl (C=O) groups excluding carboxylic acids is 1. The third kappa shape index (κ3) is 4.35. The van der Waals surface area contributed by atoms with Gasteiger partial charge in [0.2, 0.25) is 0 Å². The van der Waals surface area contributed by atoms with Gasteiger partial charge in [0, 0.05) is 11.6 Å². The van der Waals surface area contributed by atoms with Crippen molar-refractivity contribution in [1.29, 1.82) is 0 Å². The average molecular weight is 273 g/mol. The minimum Gasteiger partial charge on any atom is -0.294 e. The normalized spacial score (nSPS) is 12.2. The number of alkyl halides is 3. The summed E-state index contributed by atoms with van der Waals surface area (Å²) in [6, 6.07) is 4.58. The predicted octanol–water partition coefficient (Wildman–Crippen LogP) is 3.62. The van der Waals surface area contributed by atoms with Crippen LogP contribution in [-0.2, 0) is 6.18 Å². The number of rotatable bonds is 5. The topological polar surface area (TPSA) is 20.3 Å². The van der Waals surface area contributed by atoms with Gasteiger partial charge in [-0.2, -0.15) is 13.2 Å². The molecule has 5 heteroatoms. The summed E-state index contributed by atoms with van der Waals surface area (Å²) in [7, 11) is 0. The summed E-state index contributed by atoms with van der Waals surface area (Å²) < 4.78 is 37.2. The minimum atomic E-state index is -4.37. The monoisotopic (exact) mass is 273 g/mol. The first-order chi connectivity index (χ1) is 8.75. The molecule has 19 heavy (non-hydrogen) atoms. The molecule has 0 aliphatic carbocycles. The molecule has 0 saturated carbocycles. The Bertz CT molecular complexity index is 423. The van der Waals surface area contributed by atoms with Crippen LogP contribution < -0.4 is 0 Å². The standard InChI is InChI=1S/C14H18F3NO/c1-4-18(10(2)3)9-13(19)11-5-7-12(8-6-11)14(15,16)17/h5-8,10H,4,9H2,1-3H3. The van der Waals surface area contributed by atoms with E-state index in [0.717, 1.165) is 18.7 Å². The molecule has 0 radical (unpaired) electrons. The Morgan fingerprint density at radius 1 is 1.21 bits per heavy atom. The maximum Gasteiger partial charge on any atom is 0.416 e. The van der Waals surface area contributed by atoms with Crippen LogP contribution in [0.2, 0.25) is 0 Å². The fourth-order valence-corrected chi connectivity index (χ4v) is 1.78. The number of hydrogen-bond acceptors (Lipinski definition) is 2. The summed E-state index contributed by atoms with van der Waals surface area (Å²) in [5.41, 5.74) is -0.424. The second-order valence-electron chi connectivity index (χ2n) is 4.66. The SMILES string of the molecule is CCN(CC(=O)c1ccc(C(F)(F)F)cc1)C(C)C. The first-order valence-corrected chi connectivity index (χ1v) is 6.20. The van der Waals surface area contributed by atoms with Crippen molar-refractivity contribution in [2.45, 2.75) is 33.0 Å². The summed E-state index contributed by atoms with van der Waals surface area (Å²) in [6.45, 7) is 6.84. The molecule has 0 fully saturated rings. The van der Waals surface area contributed by atoms with E-state index in [1.807, 2.05) is 25.7 Å². The van der Waals surface area contributed by atoms with Gasteiger partial charge in [-0.15, -0.1) is 0 Å². The van der Waals surface area contributed by atoms with Crippen LogP contribution in [0.25, 0.3) is 0 Å². The van der Waals surface area contributed by atoms with E-state index in [-0.39, 0.29) is 18.4 Å². The zero-order chi connectivity index (χ0) is 14.6. The fraction of sp³-hybridized carbons (Fsp3) is 0.500. The predicted molar refractivity (Wildman–Crippen MR) is 68.2 cm³/mol. The summed E-state index contributed by atoms with van der Waals surface area (Å²) in [4.78, 5) is 13.9. The van der Waals surface area contributed by atoms with Gasteiger partial charge in [-0.1, -0.05) is 19.1 Å². The largest absolute Gasteiger partial charge is 0.416 e. The lowest BCUT2D eigenvalue weighted by Gasteiger charge is -2.23. The molecule has 0 heterocycles. The van der Waals surface area contributed by atoms with Crippen LogP contribution in [0.4, 0.5) is 13.2 Å². The molecular formula is C14H18F3NO. The lowest BCUT2D eigenvalue weighted by Crippen LogP contribution is -2.35. The van der Waals surface area contributed by atoms with Crippen molar-refractivity contribution < 1.29 is 18.0 Å². The number of likely N-dealkylation sites (N-methyl/N-ethyl adjacent to an activating group) is 1. The Kier molecular flexibility index (Phi) is 5.11. The molecule has 0 unspecified atom stereocenters. The van der Waals surface area contributed by atoms with Gasteiger partial charge in [-0.3, -0.25) is 9.69 Å². The van der Waals surface area contributed by atoms with Crippen molar-refractivity contribution in [3.05, 3.63) is 35.4 Å². The molecule has 0 bridgehead atoms. The summed E-state index contributed by atoms with van der Waals surface area (Å²) in [5, 5.41) is 0. The third-order valence-electron chi connectivity index (χ3n) is 3.02. The van der Waals surface area contributed by atoms with E-state index in [1.54, 1.807) is 0 Å². The van der Waals surface area contributed by atoms with Crippen LogP contribution in [0, 0.1) is 0 Å². The zero-order valence-corrected chi connectivity index (χ0v) is 11.3. The molecule has 1 aromatic carbocycles. The Morgan fingerprint density at radius 3 is 2.11 bits per heavy atom. The van der Waals surface area contributed by atoms with Crippen LogP contribution in [0.15, 0.2) is 24.3 Å². The molecule has 0 saturated heterocycles. The first kappa shape index (κ1) is 15.7. The van der Waals surface area contributed by atoms with E-state index in [1.165, 1.54) is 12.1 Å². The molecule has 0 aliphatic rings. The van der Waals surface area contributed by atoms with E-state index in [2.05, 4.69) is 0 Å². The summed E-state index contributed by atoms with van der Waals surface area (Å²) in [6.07, 6.45) is -4.37. The number of halogens is 3. The fourth-order valence-electron chi connectivity index (χ4n) is 1.78. The number of carbonyl (C=O) groups is 1. The second-order valence-corrected chi connectivity index (χ2v) is 4.66. The van der Waals surface area contributed by atoms with Gasteiger partial charge in [-0.25, -0.2) is 0 Å².